The highest BCUT2D eigenvalue weighted by Gasteiger charge is 2.50. The lowest BCUT2D eigenvalue weighted by Gasteiger charge is -2.44. The number of amides is 1. The monoisotopic (exact) mass is 625 g/mol. The summed E-state index contributed by atoms with van der Waals surface area (Å²) < 4.78 is 19.5. The number of ether oxygens (including phenoxy) is 1. The second kappa shape index (κ2) is 16.1. The van der Waals surface area contributed by atoms with Gasteiger partial charge in [0.15, 0.2) is 14.1 Å². The number of hydrogen-bond donors (Lipinski definition) is 1. The van der Waals surface area contributed by atoms with E-state index in [4.69, 9.17) is 13.6 Å². The van der Waals surface area contributed by atoms with Crippen molar-refractivity contribution in [2.75, 3.05) is 6.54 Å². The molecular weight excluding hydrogens is 563 g/mol. The van der Waals surface area contributed by atoms with E-state index < -0.39 is 28.7 Å². The number of rotatable bonds is 15. The Morgan fingerprint density at radius 2 is 1.50 bits per heavy atom. The van der Waals surface area contributed by atoms with E-state index in [-0.39, 0.29) is 70.4 Å². The molecule has 0 radical (unpaired) electrons. The van der Waals surface area contributed by atoms with Gasteiger partial charge in [0.25, 0.3) is 14.3 Å². The highest BCUT2D eigenvalue weighted by atomic mass is 28.4. The Balaban J connectivity index is 3.09. The first kappa shape index (κ1) is 38.7. The van der Waals surface area contributed by atoms with Crippen LogP contribution in [0.5, 0.6) is 0 Å². The first-order valence-corrected chi connectivity index (χ1v) is 21.2. The summed E-state index contributed by atoms with van der Waals surface area (Å²) in [7, 11) is -4.69. The van der Waals surface area contributed by atoms with Crippen LogP contribution in [0.3, 0.4) is 0 Å². The fourth-order valence-electron chi connectivity index (χ4n) is 6.08. The number of carbonyl (C=O) groups excluding carboxylic acids is 3. The van der Waals surface area contributed by atoms with Gasteiger partial charge in [-0.1, -0.05) is 75.3 Å². The van der Waals surface area contributed by atoms with Gasteiger partial charge in [0.2, 0.25) is 5.91 Å². The van der Waals surface area contributed by atoms with Gasteiger partial charge in [-0.05, 0) is 73.4 Å². The summed E-state index contributed by atoms with van der Waals surface area (Å²) in [5.41, 5.74) is 0.841. The first-order valence-electron chi connectivity index (χ1n) is 16.2. The van der Waals surface area contributed by atoms with Crippen LogP contribution in [0.2, 0.25) is 34.8 Å². The van der Waals surface area contributed by atoms with Crippen LogP contribution in [0.4, 0.5) is 0 Å². The zero-order chi connectivity index (χ0) is 32.6. The molecule has 0 bridgehead atoms. The van der Waals surface area contributed by atoms with Gasteiger partial charge in [0.1, 0.15) is 0 Å². The maximum Gasteiger partial charge on any atom is 0.298 e. The summed E-state index contributed by atoms with van der Waals surface area (Å²) in [6.07, 6.45) is 4.69. The van der Waals surface area contributed by atoms with Crippen molar-refractivity contribution in [3.63, 3.8) is 0 Å². The van der Waals surface area contributed by atoms with E-state index in [0.717, 1.165) is 12.8 Å². The topological polar surface area (TPSA) is 90.9 Å². The van der Waals surface area contributed by atoms with E-state index in [9.17, 15) is 14.4 Å². The Morgan fingerprint density at radius 1 is 0.952 bits per heavy atom. The van der Waals surface area contributed by atoms with Crippen molar-refractivity contribution in [2.24, 2.45) is 11.8 Å². The zero-order valence-electron chi connectivity index (χ0n) is 29.3. The number of hydrogen-bond acceptors (Lipinski definition) is 6. The third-order valence-corrected chi connectivity index (χ3v) is 20.3. The molecule has 9 heteroatoms. The van der Waals surface area contributed by atoms with Crippen LogP contribution in [0.15, 0.2) is 12.2 Å². The van der Waals surface area contributed by atoms with Gasteiger partial charge in [-0.3, -0.25) is 14.4 Å². The van der Waals surface area contributed by atoms with Gasteiger partial charge in [-0.2, -0.15) is 0 Å². The van der Waals surface area contributed by atoms with Crippen LogP contribution < -0.4 is 5.32 Å². The summed E-state index contributed by atoms with van der Waals surface area (Å²) >= 11 is 0. The molecule has 0 aromatic heterocycles. The SMILES string of the molecule is C/C=C/C(=O)C[C@@H]1CC[C@@H](C)[C@@H](CC(=O)NC[C@@H](O[Si](C)(C)C(C)(C)C)[C@H](C)C(=O)O[Si](C(C)C)(C(C)C)C(C)C)O1. The predicted octanol–water partition coefficient (Wildman–Crippen LogP) is 7.96. The molecule has 0 aromatic rings. The molecule has 5 atom stereocenters. The van der Waals surface area contributed by atoms with Gasteiger partial charge < -0.3 is 18.9 Å². The zero-order valence-corrected chi connectivity index (χ0v) is 31.3. The van der Waals surface area contributed by atoms with Crippen LogP contribution in [0, 0.1) is 11.8 Å². The van der Waals surface area contributed by atoms with Crippen LogP contribution in [-0.4, -0.2) is 59.2 Å². The van der Waals surface area contributed by atoms with Crippen molar-refractivity contribution in [2.45, 2.75) is 162 Å². The molecule has 0 aliphatic carbocycles. The van der Waals surface area contributed by atoms with Crippen LogP contribution in [0.25, 0.3) is 0 Å². The van der Waals surface area contributed by atoms with Gasteiger partial charge >= 0.3 is 0 Å². The standard InChI is InChI=1S/C33H63NO6Si2/c1-15-16-27(35)19-28-18-17-25(8)29(38-28)20-31(36)34-21-30(39-41(13,14)33(10,11)12)26(9)32(37)40-42(22(2)3,23(4)5)24(6)7/h15-16,22-26,28-30H,17-21H2,1-14H3,(H,34,36)/b16-15+/t25-,26+,28+,29-,30-/m1/s1. The average molecular weight is 626 g/mol. The first-order chi connectivity index (χ1) is 19.2. The maximum absolute atomic E-state index is 13.8. The molecular formula is C33H63NO6Si2. The summed E-state index contributed by atoms with van der Waals surface area (Å²) in [6.45, 7) is 29.9. The van der Waals surface area contributed by atoms with Crippen molar-refractivity contribution in [3.05, 3.63) is 12.2 Å². The number of ketones is 1. The van der Waals surface area contributed by atoms with Crippen LogP contribution in [-0.2, 0) is 28.0 Å². The summed E-state index contributed by atoms with van der Waals surface area (Å²) in [6, 6.07) is 0. The van der Waals surface area contributed by atoms with Crippen LogP contribution >= 0.6 is 0 Å². The van der Waals surface area contributed by atoms with Crippen molar-refractivity contribution >= 4 is 34.3 Å². The van der Waals surface area contributed by atoms with Crippen molar-refractivity contribution < 1.29 is 28.0 Å². The van der Waals surface area contributed by atoms with Crippen molar-refractivity contribution in [1.29, 1.82) is 0 Å². The summed E-state index contributed by atoms with van der Waals surface area (Å²) in [4.78, 5) is 39.1. The normalized spacial score (nSPS) is 22.1. The summed E-state index contributed by atoms with van der Waals surface area (Å²) in [5.74, 6) is -0.626. The van der Waals surface area contributed by atoms with E-state index in [0.29, 0.717) is 6.42 Å². The highest BCUT2D eigenvalue weighted by molar-refractivity contribution is 6.79. The molecule has 1 N–H and O–H groups in total. The molecule has 1 rings (SSSR count). The smallest absolute Gasteiger partial charge is 0.298 e. The second-order valence-electron chi connectivity index (χ2n) is 15.0. The quantitative estimate of drug-likeness (QED) is 0.147. The highest BCUT2D eigenvalue weighted by Crippen LogP contribution is 2.43. The second-order valence-corrected chi connectivity index (χ2v) is 25.1. The fourth-order valence-corrected chi connectivity index (χ4v) is 12.7. The Kier molecular flexibility index (Phi) is 14.9. The van der Waals surface area contributed by atoms with E-state index in [1.807, 2.05) is 13.8 Å². The molecule has 244 valence electrons. The number of allylic oxidation sites excluding steroid dienone is 2. The minimum atomic E-state index is -2.43. The molecule has 0 aromatic carbocycles. The fraction of sp³-hybridized carbons (Fsp3) is 0.848. The molecule has 1 amide bonds. The molecule has 7 nitrogen and oxygen atoms in total. The Labute approximate surface area is 259 Å². The molecule has 1 saturated heterocycles. The van der Waals surface area contributed by atoms with Crippen molar-refractivity contribution in [1.82, 2.24) is 5.32 Å². The molecule has 1 fully saturated rings. The van der Waals surface area contributed by atoms with E-state index in [2.05, 4.69) is 87.6 Å². The van der Waals surface area contributed by atoms with Gasteiger partial charge in [0, 0.05) is 13.0 Å². The Morgan fingerprint density at radius 3 is 1.98 bits per heavy atom. The van der Waals surface area contributed by atoms with E-state index >= 15 is 0 Å². The third kappa shape index (κ3) is 10.4. The third-order valence-electron chi connectivity index (χ3n) is 9.78. The van der Waals surface area contributed by atoms with E-state index in [1.165, 1.54) is 0 Å². The Bertz CT molecular complexity index is 902. The minimum absolute atomic E-state index is 0.0474. The maximum atomic E-state index is 13.8. The lowest BCUT2D eigenvalue weighted by atomic mass is 9.90. The average Bonchev–Trinajstić information content (AvgIpc) is 2.85. The summed E-state index contributed by atoms with van der Waals surface area (Å²) in [5, 5.41) is 3.01. The Hall–Kier alpha value is -1.30. The molecule has 1 aliphatic heterocycles. The number of nitrogens with one attached hydrogen (secondary N) is 1. The molecule has 1 aliphatic rings. The van der Waals surface area contributed by atoms with E-state index in [1.54, 1.807) is 12.2 Å². The molecule has 0 saturated carbocycles. The molecule has 1 heterocycles. The lowest BCUT2D eigenvalue weighted by molar-refractivity contribution is -0.144. The molecule has 0 unspecified atom stereocenters. The minimum Gasteiger partial charge on any atom is -0.518 e. The van der Waals surface area contributed by atoms with Crippen molar-refractivity contribution in [3.8, 4) is 0 Å². The number of carbonyl (C=O) groups is 3. The lowest BCUT2D eigenvalue weighted by Crippen LogP contribution is -2.54. The largest absolute Gasteiger partial charge is 0.518 e. The van der Waals surface area contributed by atoms with Crippen LogP contribution in [0.1, 0.15) is 109 Å². The van der Waals surface area contributed by atoms with Gasteiger partial charge in [0.05, 0.1) is 30.7 Å². The predicted molar refractivity (Wildman–Crippen MR) is 177 cm³/mol. The van der Waals surface area contributed by atoms with Gasteiger partial charge in [-0.25, -0.2) is 0 Å². The molecule has 42 heavy (non-hydrogen) atoms. The molecule has 0 spiro atoms. The van der Waals surface area contributed by atoms with Gasteiger partial charge in [-0.15, -0.1) is 0 Å².